The molecule has 1 aromatic carbocycles. The summed E-state index contributed by atoms with van der Waals surface area (Å²) in [5.41, 5.74) is 5.27. The molecule has 6 heteroatoms. The quantitative estimate of drug-likeness (QED) is 0.639. The molecular formula is C24H35ClN4O. The third-order valence-corrected chi connectivity index (χ3v) is 7.35. The minimum Gasteiger partial charge on any atom is -0.383 e. The number of hydrogen-bond acceptors (Lipinski definition) is 4. The van der Waals surface area contributed by atoms with Gasteiger partial charge in [0.25, 0.3) is 0 Å². The van der Waals surface area contributed by atoms with Gasteiger partial charge in [-0.25, -0.2) is 0 Å². The van der Waals surface area contributed by atoms with Gasteiger partial charge in [0.1, 0.15) is 5.15 Å². The van der Waals surface area contributed by atoms with Crippen molar-refractivity contribution in [3.63, 3.8) is 0 Å². The number of piperidine rings is 1. The van der Waals surface area contributed by atoms with Crippen molar-refractivity contribution in [3.8, 4) is 0 Å². The molecule has 0 spiro atoms. The molecule has 2 aliphatic rings. The second-order valence-electron chi connectivity index (χ2n) is 9.04. The molecule has 1 fully saturated rings. The van der Waals surface area contributed by atoms with Crippen LogP contribution in [0.2, 0.25) is 5.15 Å². The highest BCUT2D eigenvalue weighted by molar-refractivity contribution is 6.30. The molecule has 0 N–H and O–H groups in total. The van der Waals surface area contributed by atoms with Crippen molar-refractivity contribution in [2.24, 2.45) is 13.0 Å². The van der Waals surface area contributed by atoms with E-state index in [-0.39, 0.29) is 0 Å². The molecule has 1 unspecified atom stereocenters. The normalized spacial score (nSPS) is 20.2. The van der Waals surface area contributed by atoms with Crippen LogP contribution < -0.4 is 0 Å². The lowest BCUT2D eigenvalue weighted by Gasteiger charge is -2.38. The Morgan fingerprint density at radius 1 is 1.23 bits per heavy atom. The van der Waals surface area contributed by atoms with E-state index < -0.39 is 0 Å². The molecule has 1 saturated heterocycles. The molecule has 5 nitrogen and oxygen atoms in total. The number of hydrogen-bond donors (Lipinski definition) is 0. The Hall–Kier alpha value is -1.40. The minimum atomic E-state index is 0.674. The molecule has 0 bridgehead atoms. The summed E-state index contributed by atoms with van der Waals surface area (Å²) in [6, 6.07) is 9.65. The molecule has 164 valence electrons. The van der Waals surface area contributed by atoms with Crippen molar-refractivity contribution >= 4 is 11.6 Å². The lowest BCUT2D eigenvalue weighted by molar-refractivity contribution is 0.0843. The Morgan fingerprint density at radius 2 is 1.97 bits per heavy atom. The zero-order chi connectivity index (χ0) is 21.1. The topological polar surface area (TPSA) is 33.5 Å². The summed E-state index contributed by atoms with van der Waals surface area (Å²) in [5.74, 6) is 0.690. The van der Waals surface area contributed by atoms with Gasteiger partial charge in [0.05, 0.1) is 12.3 Å². The number of ether oxygens (including phenoxy) is 1. The fraction of sp³-hybridized carbons (Fsp3) is 0.625. The van der Waals surface area contributed by atoms with Crippen molar-refractivity contribution < 1.29 is 4.74 Å². The average Bonchev–Trinajstić information content (AvgIpc) is 3.28. The number of aromatic nitrogens is 2. The Labute approximate surface area is 185 Å². The Morgan fingerprint density at radius 3 is 2.60 bits per heavy atom. The summed E-state index contributed by atoms with van der Waals surface area (Å²) in [4.78, 5) is 5.27. The fourth-order valence-electron chi connectivity index (χ4n) is 5.27. The first-order valence-electron chi connectivity index (χ1n) is 11.2. The number of methoxy groups -OCH3 is 1. The SMILES string of the molecule is COCCN(Cc1c(C)nn(C)c1Cl)CC1CCCN(C2Cc3ccccc3C2)C1. The maximum Gasteiger partial charge on any atom is 0.131 e. The lowest BCUT2D eigenvalue weighted by Crippen LogP contribution is -2.46. The molecule has 30 heavy (non-hydrogen) atoms. The van der Waals surface area contributed by atoms with E-state index in [0.29, 0.717) is 12.0 Å². The van der Waals surface area contributed by atoms with Gasteiger partial charge in [-0.3, -0.25) is 14.5 Å². The van der Waals surface area contributed by atoms with Crippen LogP contribution in [0, 0.1) is 12.8 Å². The average molecular weight is 431 g/mol. The van der Waals surface area contributed by atoms with Gasteiger partial charge < -0.3 is 4.74 Å². The molecule has 1 aromatic heterocycles. The predicted octanol–water partition coefficient (Wildman–Crippen LogP) is 3.71. The molecule has 1 atom stereocenters. The second-order valence-corrected chi connectivity index (χ2v) is 9.40. The minimum absolute atomic E-state index is 0.674. The van der Waals surface area contributed by atoms with E-state index in [9.17, 15) is 0 Å². The molecule has 0 radical (unpaired) electrons. The number of rotatable bonds is 8. The Balaban J connectivity index is 1.39. The van der Waals surface area contributed by atoms with Crippen LogP contribution in [0.5, 0.6) is 0 Å². The Bertz CT molecular complexity index is 827. The van der Waals surface area contributed by atoms with Gasteiger partial charge in [-0.1, -0.05) is 35.9 Å². The molecule has 2 heterocycles. The van der Waals surface area contributed by atoms with Crippen molar-refractivity contribution in [2.75, 3.05) is 39.9 Å². The van der Waals surface area contributed by atoms with E-state index >= 15 is 0 Å². The third kappa shape index (κ3) is 4.91. The number of nitrogens with zero attached hydrogens (tertiary/aromatic N) is 4. The van der Waals surface area contributed by atoms with Crippen molar-refractivity contribution in [1.29, 1.82) is 0 Å². The van der Waals surface area contributed by atoms with Gasteiger partial charge >= 0.3 is 0 Å². The van der Waals surface area contributed by atoms with Crippen LogP contribution >= 0.6 is 11.6 Å². The van der Waals surface area contributed by atoms with E-state index in [2.05, 4.69) is 46.1 Å². The van der Waals surface area contributed by atoms with Gasteiger partial charge in [0, 0.05) is 51.9 Å². The first-order valence-corrected chi connectivity index (χ1v) is 11.6. The van der Waals surface area contributed by atoms with Gasteiger partial charge in [-0.05, 0) is 56.2 Å². The van der Waals surface area contributed by atoms with E-state index in [0.717, 1.165) is 42.7 Å². The number of aryl methyl sites for hydroxylation is 2. The highest BCUT2D eigenvalue weighted by Gasteiger charge is 2.31. The standard InChI is InChI=1S/C24H35ClN4O/c1-18-23(24(25)27(2)26-18)17-28(11-12-30-3)15-19-7-6-10-29(16-19)22-13-20-8-4-5-9-21(20)14-22/h4-5,8-9,19,22H,6-7,10-17H2,1-3H3. The maximum absolute atomic E-state index is 6.52. The highest BCUT2D eigenvalue weighted by Crippen LogP contribution is 2.29. The summed E-state index contributed by atoms with van der Waals surface area (Å²) >= 11 is 6.52. The van der Waals surface area contributed by atoms with Crippen LogP contribution in [0.3, 0.4) is 0 Å². The van der Waals surface area contributed by atoms with Crippen molar-refractivity contribution in [1.82, 2.24) is 19.6 Å². The van der Waals surface area contributed by atoms with Gasteiger partial charge in [-0.15, -0.1) is 0 Å². The van der Waals surface area contributed by atoms with Gasteiger partial charge in [0.15, 0.2) is 0 Å². The number of fused-ring (bicyclic) bond motifs is 1. The summed E-state index contributed by atoms with van der Waals surface area (Å²) < 4.78 is 7.18. The predicted molar refractivity (Wildman–Crippen MR) is 122 cm³/mol. The first-order chi connectivity index (χ1) is 14.5. The smallest absolute Gasteiger partial charge is 0.131 e. The maximum atomic E-state index is 6.52. The van der Waals surface area contributed by atoms with Crippen molar-refractivity contribution in [2.45, 2.75) is 45.2 Å². The lowest BCUT2D eigenvalue weighted by atomic mass is 9.95. The molecule has 4 rings (SSSR count). The molecule has 1 aliphatic carbocycles. The Kier molecular flexibility index (Phi) is 7.14. The molecule has 2 aromatic rings. The van der Waals surface area contributed by atoms with Crippen LogP contribution in [0.25, 0.3) is 0 Å². The van der Waals surface area contributed by atoms with E-state index in [1.165, 1.54) is 38.8 Å². The van der Waals surface area contributed by atoms with Crippen molar-refractivity contribution in [3.05, 3.63) is 51.8 Å². The highest BCUT2D eigenvalue weighted by atomic mass is 35.5. The number of halogens is 1. The summed E-state index contributed by atoms with van der Waals surface area (Å²) in [5, 5.41) is 5.25. The largest absolute Gasteiger partial charge is 0.383 e. The summed E-state index contributed by atoms with van der Waals surface area (Å²) in [7, 11) is 3.69. The second kappa shape index (κ2) is 9.82. The molecule has 1 aliphatic heterocycles. The van der Waals surface area contributed by atoms with E-state index in [4.69, 9.17) is 16.3 Å². The van der Waals surface area contributed by atoms with E-state index in [1.54, 1.807) is 22.9 Å². The summed E-state index contributed by atoms with van der Waals surface area (Å²) in [6.45, 7) is 8.08. The number of benzene rings is 1. The van der Waals surface area contributed by atoms with Crippen LogP contribution in [0.1, 0.15) is 35.2 Å². The van der Waals surface area contributed by atoms with E-state index in [1.807, 2.05) is 7.05 Å². The van der Waals surface area contributed by atoms with Crippen LogP contribution in [-0.2, 0) is 31.2 Å². The molecular weight excluding hydrogens is 396 g/mol. The van der Waals surface area contributed by atoms with Gasteiger partial charge in [0.2, 0.25) is 0 Å². The zero-order valence-corrected chi connectivity index (χ0v) is 19.4. The molecule has 0 saturated carbocycles. The molecule has 0 amide bonds. The summed E-state index contributed by atoms with van der Waals surface area (Å²) in [6.07, 6.45) is 5.02. The monoisotopic (exact) mass is 430 g/mol. The fourth-order valence-corrected chi connectivity index (χ4v) is 5.50. The zero-order valence-electron chi connectivity index (χ0n) is 18.6. The number of likely N-dealkylation sites (tertiary alicyclic amines) is 1. The van der Waals surface area contributed by atoms with Crippen LogP contribution in [-0.4, -0.2) is 65.5 Å². The van der Waals surface area contributed by atoms with Gasteiger partial charge in [-0.2, -0.15) is 5.10 Å². The third-order valence-electron chi connectivity index (χ3n) is 6.88. The van der Waals surface area contributed by atoms with Crippen LogP contribution in [0.15, 0.2) is 24.3 Å². The first kappa shape index (κ1) is 21.8. The van der Waals surface area contributed by atoms with Crippen LogP contribution in [0.4, 0.5) is 0 Å².